The van der Waals surface area contributed by atoms with E-state index in [1.165, 1.54) is 12.1 Å². The molecule has 0 fully saturated rings. The largest absolute Gasteiger partial charge is 0.386 e. The first kappa shape index (κ1) is 17.8. The number of hydrogen-bond donors (Lipinski definition) is 3. The molecule has 24 heavy (non-hydrogen) atoms. The zero-order valence-corrected chi connectivity index (χ0v) is 12.9. The van der Waals surface area contributed by atoms with Gasteiger partial charge in [-0.2, -0.15) is 0 Å². The number of carbonyl (C=O) groups excluding carboxylic acids is 1. The molecule has 0 radical (unpaired) electrons. The van der Waals surface area contributed by atoms with Crippen LogP contribution in [0.1, 0.15) is 22.8 Å². The van der Waals surface area contributed by atoms with Crippen LogP contribution in [0.15, 0.2) is 36.4 Å². The summed E-state index contributed by atoms with van der Waals surface area (Å²) in [5.41, 5.74) is 0.561. The minimum atomic E-state index is -1.52. The van der Waals surface area contributed by atoms with Gasteiger partial charge in [-0.25, -0.2) is 18.0 Å². The van der Waals surface area contributed by atoms with Crippen molar-refractivity contribution in [1.82, 2.24) is 10.6 Å². The van der Waals surface area contributed by atoms with Crippen LogP contribution >= 0.6 is 0 Å². The molecule has 0 aliphatic carbocycles. The third-order valence-electron chi connectivity index (χ3n) is 3.48. The Morgan fingerprint density at radius 1 is 1.08 bits per heavy atom. The van der Waals surface area contributed by atoms with Gasteiger partial charge in [0.2, 0.25) is 0 Å². The Kier molecular flexibility index (Phi) is 5.81. The minimum absolute atomic E-state index is 0.0766. The van der Waals surface area contributed by atoms with Gasteiger partial charge < -0.3 is 15.7 Å². The Labute approximate surface area is 137 Å². The van der Waals surface area contributed by atoms with E-state index in [0.717, 1.165) is 12.1 Å². The number of benzene rings is 2. The van der Waals surface area contributed by atoms with Gasteiger partial charge in [0.05, 0.1) is 5.56 Å². The van der Waals surface area contributed by atoms with Crippen LogP contribution in [-0.4, -0.2) is 17.7 Å². The Bertz CT molecular complexity index is 718. The van der Waals surface area contributed by atoms with Crippen molar-refractivity contribution >= 4 is 6.03 Å². The molecule has 1 atom stereocenters. The van der Waals surface area contributed by atoms with Crippen molar-refractivity contribution in [2.24, 2.45) is 0 Å². The molecule has 4 nitrogen and oxygen atoms in total. The number of aryl methyl sites for hydroxylation is 1. The summed E-state index contributed by atoms with van der Waals surface area (Å²) in [6.07, 6.45) is -1.52. The number of aliphatic hydroxyl groups excluding tert-OH is 1. The third-order valence-corrected chi connectivity index (χ3v) is 3.48. The summed E-state index contributed by atoms with van der Waals surface area (Å²) in [6, 6.07) is 7.14. The Balaban J connectivity index is 1.85. The van der Waals surface area contributed by atoms with Gasteiger partial charge in [0.1, 0.15) is 23.6 Å². The fourth-order valence-corrected chi connectivity index (χ4v) is 2.11. The van der Waals surface area contributed by atoms with E-state index in [1.807, 2.05) is 0 Å². The molecule has 2 aromatic carbocycles. The van der Waals surface area contributed by atoms with E-state index in [1.54, 1.807) is 19.1 Å². The Morgan fingerprint density at radius 2 is 1.75 bits per heavy atom. The topological polar surface area (TPSA) is 61.4 Å². The maximum absolute atomic E-state index is 13.5. The van der Waals surface area contributed by atoms with E-state index >= 15 is 0 Å². The molecule has 0 spiro atoms. The van der Waals surface area contributed by atoms with E-state index in [2.05, 4.69) is 10.6 Å². The predicted molar refractivity (Wildman–Crippen MR) is 82.7 cm³/mol. The molecule has 0 aliphatic rings. The van der Waals surface area contributed by atoms with Crippen LogP contribution in [0.25, 0.3) is 0 Å². The zero-order valence-electron chi connectivity index (χ0n) is 12.9. The highest BCUT2D eigenvalue weighted by Gasteiger charge is 2.18. The second-order valence-corrected chi connectivity index (χ2v) is 5.30. The number of halogens is 3. The fraction of sp³-hybridized carbons (Fsp3) is 0.235. The van der Waals surface area contributed by atoms with Crippen molar-refractivity contribution in [2.75, 3.05) is 6.54 Å². The smallest absolute Gasteiger partial charge is 0.315 e. The summed E-state index contributed by atoms with van der Waals surface area (Å²) >= 11 is 0. The number of aliphatic hydroxyl groups is 1. The molecular formula is C17H17F3N2O2. The van der Waals surface area contributed by atoms with Crippen LogP contribution < -0.4 is 10.6 Å². The van der Waals surface area contributed by atoms with Crippen molar-refractivity contribution in [3.05, 3.63) is 70.5 Å². The van der Waals surface area contributed by atoms with Crippen molar-refractivity contribution in [3.63, 3.8) is 0 Å². The second kappa shape index (κ2) is 7.83. The van der Waals surface area contributed by atoms with Gasteiger partial charge in [0.25, 0.3) is 0 Å². The van der Waals surface area contributed by atoms with Gasteiger partial charge >= 0.3 is 6.03 Å². The summed E-state index contributed by atoms with van der Waals surface area (Å²) in [5, 5.41) is 14.6. The van der Waals surface area contributed by atoms with E-state index in [9.17, 15) is 23.1 Å². The molecule has 3 N–H and O–H groups in total. The maximum atomic E-state index is 13.5. The van der Waals surface area contributed by atoms with Crippen molar-refractivity contribution in [3.8, 4) is 0 Å². The molecule has 2 aromatic rings. The lowest BCUT2D eigenvalue weighted by molar-refractivity contribution is 0.164. The first-order valence-corrected chi connectivity index (χ1v) is 7.27. The quantitative estimate of drug-likeness (QED) is 0.785. The molecule has 1 unspecified atom stereocenters. The van der Waals surface area contributed by atoms with Gasteiger partial charge in [0, 0.05) is 13.1 Å². The van der Waals surface area contributed by atoms with Gasteiger partial charge in [-0.05, 0) is 36.2 Å². The standard InChI is InChI=1S/C17H17F3N2O2/c1-10-5-6-11(7-14(10)20)8-21-17(24)22-9-15(23)16-12(18)3-2-4-13(16)19/h2-7,15,23H,8-9H2,1H3,(H2,21,22,24). The summed E-state index contributed by atoms with van der Waals surface area (Å²) in [5.74, 6) is -2.15. The fourth-order valence-electron chi connectivity index (χ4n) is 2.11. The Morgan fingerprint density at radius 3 is 2.38 bits per heavy atom. The maximum Gasteiger partial charge on any atom is 0.315 e. The van der Waals surface area contributed by atoms with Gasteiger partial charge in [-0.15, -0.1) is 0 Å². The highest BCUT2D eigenvalue weighted by atomic mass is 19.1. The predicted octanol–water partition coefficient (Wildman–Crippen LogP) is 2.95. The monoisotopic (exact) mass is 338 g/mol. The molecular weight excluding hydrogens is 321 g/mol. The Hall–Kier alpha value is -2.54. The molecule has 128 valence electrons. The average molecular weight is 338 g/mol. The second-order valence-electron chi connectivity index (χ2n) is 5.30. The van der Waals surface area contributed by atoms with Crippen LogP contribution in [0.2, 0.25) is 0 Å². The van der Waals surface area contributed by atoms with Crippen LogP contribution in [-0.2, 0) is 6.54 Å². The molecule has 0 saturated carbocycles. The van der Waals surface area contributed by atoms with Gasteiger partial charge in [0.15, 0.2) is 0 Å². The van der Waals surface area contributed by atoms with Crippen LogP contribution in [0.3, 0.4) is 0 Å². The highest BCUT2D eigenvalue weighted by molar-refractivity contribution is 5.73. The molecule has 2 rings (SSSR count). The number of carbonyl (C=O) groups is 1. The lowest BCUT2D eigenvalue weighted by atomic mass is 10.1. The van der Waals surface area contributed by atoms with Gasteiger partial charge in [-0.3, -0.25) is 0 Å². The summed E-state index contributed by atoms with van der Waals surface area (Å²) in [4.78, 5) is 11.7. The molecule has 0 aromatic heterocycles. The molecule has 0 aliphatic heterocycles. The number of rotatable bonds is 5. The van der Waals surface area contributed by atoms with E-state index in [-0.39, 0.29) is 18.9 Å². The van der Waals surface area contributed by atoms with E-state index < -0.39 is 29.3 Å². The van der Waals surface area contributed by atoms with Crippen molar-refractivity contribution in [1.29, 1.82) is 0 Å². The molecule has 0 saturated heterocycles. The lowest BCUT2D eigenvalue weighted by Gasteiger charge is -2.14. The van der Waals surface area contributed by atoms with Gasteiger partial charge in [-0.1, -0.05) is 18.2 Å². The number of urea groups is 1. The zero-order chi connectivity index (χ0) is 17.7. The first-order valence-electron chi connectivity index (χ1n) is 7.27. The molecule has 2 amide bonds. The molecule has 7 heteroatoms. The molecule has 0 heterocycles. The highest BCUT2D eigenvalue weighted by Crippen LogP contribution is 2.19. The number of amides is 2. The number of hydrogen-bond acceptors (Lipinski definition) is 2. The molecule has 0 bridgehead atoms. The lowest BCUT2D eigenvalue weighted by Crippen LogP contribution is -2.37. The first-order chi connectivity index (χ1) is 11.4. The van der Waals surface area contributed by atoms with Crippen LogP contribution in [0, 0.1) is 24.4 Å². The number of nitrogens with one attached hydrogen (secondary N) is 2. The average Bonchev–Trinajstić information content (AvgIpc) is 2.54. The van der Waals surface area contributed by atoms with E-state index in [0.29, 0.717) is 11.1 Å². The van der Waals surface area contributed by atoms with Crippen LogP contribution in [0.4, 0.5) is 18.0 Å². The van der Waals surface area contributed by atoms with Crippen molar-refractivity contribution in [2.45, 2.75) is 19.6 Å². The summed E-state index contributed by atoms with van der Waals surface area (Å²) < 4.78 is 40.4. The SMILES string of the molecule is Cc1ccc(CNC(=O)NCC(O)c2c(F)cccc2F)cc1F. The third kappa shape index (κ3) is 4.48. The van der Waals surface area contributed by atoms with Crippen LogP contribution in [0.5, 0.6) is 0 Å². The normalized spacial score (nSPS) is 11.9. The van der Waals surface area contributed by atoms with E-state index in [4.69, 9.17) is 0 Å². The van der Waals surface area contributed by atoms with Crippen molar-refractivity contribution < 1.29 is 23.1 Å². The summed E-state index contributed by atoms with van der Waals surface area (Å²) in [6.45, 7) is 1.33. The summed E-state index contributed by atoms with van der Waals surface area (Å²) in [7, 11) is 0. The minimum Gasteiger partial charge on any atom is -0.386 e.